The van der Waals surface area contributed by atoms with Crippen LogP contribution in [0, 0.1) is 0 Å². The van der Waals surface area contributed by atoms with Crippen LogP contribution >= 0.6 is 11.6 Å². The molecule has 172 valence electrons. The molecular formula is C25H30ClNO5. The van der Waals surface area contributed by atoms with Crippen LogP contribution in [0.15, 0.2) is 42.5 Å². The van der Waals surface area contributed by atoms with Crippen molar-refractivity contribution in [2.75, 3.05) is 6.61 Å². The Hall–Kier alpha value is -2.57. The van der Waals surface area contributed by atoms with Crippen LogP contribution in [0.1, 0.15) is 75.4 Å². The normalized spacial score (nSPS) is 23.1. The number of hydrogen-bond donors (Lipinski definition) is 2. The summed E-state index contributed by atoms with van der Waals surface area (Å²) in [5, 5.41) is 12.8. The molecule has 0 aromatic heterocycles. The maximum absolute atomic E-state index is 12.0. The lowest BCUT2D eigenvalue weighted by molar-refractivity contribution is -0.139. The molecule has 0 aliphatic carbocycles. The summed E-state index contributed by atoms with van der Waals surface area (Å²) in [6, 6.07) is 13.3. The number of carbonyl (C=O) groups is 2. The minimum absolute atomic E-state index is 0.110. The summed E-state index contributed by atoms with van der Waals surface area (Å²) in [5.74, 6) is -0.403. The molecule has 2 N–H and O–H groups in total. The Morgan fingerprint density at radius 1 is 1.19 bits per heavy atom. The predicted molar refractivity (Wildman–Crippen MR) is 123 cm³/mol. The van der Waals surface area contributed by atoms with Crippen molar-refractivity contribution in [3.8, 4) is 5.75 Å². The van der Waals surface area contributed by atoms with Crippen molar-refractivity contribution in [2.24, 2.45) is 0 Å². The molecule has 2 aromatic carbocycles. The zero-order valence-electron chi connectivity index (χ0n) is 18.9. The van der Waals surface area contributed by atoms with Gasteiger partial charge in [-0.15, -0.1) is 0 Å². The minimum atomic E-state index is -1.05. The highest BCUT2D eigenvalue weighted by molar-refractivity contribution is 6.30. The van der Waals surface area contributed by atoms with Gasteiger partial charge in [0.15, 0.2) is 6.61 Å². The van der Waals surface area contributed by atoms with Crippen LogP contribution in [0.5, 0.6) is 5.75 Å². The van der Waals surface area contributed by atoms with Crippen LogP contribution in [0.25, 0.3) is 0 Å². The average molecular weight is 460 g/mol. The van der Waals surface area contributed by atoms with Crippen LogP contribution in [-0.2, 0) is 14.3 Å². The highest BCUT2D eigenvalue weighted by Crippen LogP contribution is 2.46. The van der Waals surface area contributed by atoms with Crippen LogP contribution in [0.3, 0.4) is 0 Å². The topological polar surface area (TPSA) is 84.9 Å². The van der Waals surface area contributed by atoms with E-state index in [1.54, 1.807) is 6.07 Å². The van der Waals surface area contributed by atoms with Crippen molar-refractivity contribution < 1.29 is 24.2 Å². The number of ether oxygens (including phenoxy) is 2. The first kappa shape index (κ1) is 24.1. The van der Waals surface area contributed by atoms with E-state index in [0.717, 1.165) is 16.7 Å². The summed E-state index contributed by atoms with van der Waals surface area (Å²) in [6.45, 7) is 7.27. The fourth-order valence-electron chi connectivity index (χ4n) is 4.23. The molecule has 2 aromatic rings. The summed E-state index contributed by atoms with van der Waals surface area (Å²) >= 11 is 6.07. The molecule has 32 heavy (non-hydrogen) atoms. The Kier molecular flexibility index (Phi) is 7.47. The number of aliphatic carboxylic acids is 1. The highest BCUT2D eigenvalue weighted by Gasteiger charge is 2.41. The molecule has 3 rings (SSSR count). The lowest BCUT2D eigenvalue weighted by Crippen LogP contribution is -2.50. The summed E-state index contributed by atoms with van der Waals surface area (Å²) < 4.78 is 12.1. The minimum Gasteiger partial charge on any atom is -0.482 e. The first-order valence-corrected chi connectivity index (χ1v) is 11.1. The smallest absolute Gasteiger partial charge is 0.341 e. The van der Waals surface area contributed by atoms with E-state index in [2.05, 4.69) is 19.2 Å². The first-order chi connectivity index (χ1) is 15.1. The second kappa shape index (κ2) is 9.92. The third kappa shape index (κ3) is 6.02. The Morgan fingerprint density at radius 3 is 2.44 bits per heavy atom. The Balaban J connectivity index is 2.02. The van der Waals surface area contributed by atoms with Gasteiger partial charge < -0.3 is 19.9 Å². The summed E-state index contributed by atoms with van der Waals surface area (Å²) in [5.41, 5.74) is 2.33. The van der Waals surface area contributed by atoms with Crippen molar-refractivity contribution in [3.05, 3.63) is 64.2 Å². The monoisotopic (exact) mass is 459 g/mol. The van der Waals surface area contributed by atoms with E-state index in [1.807, 2.05) is 43.3 Å². The van der Waals surface area contributed by atoms with Gasteiger partial charge in [-0.2, -0.15) is 0 Å². The van der Waals surface area contributed by atoms with Crippen molar-refractivity contribution >= 4 is 23.5 Å². The number of nitrogens with one attached hydrogen (secondary N) is 1. The molecule has 1 saturated heterocycles. The van der Waals surface area contributed by atoms with Gasteiger partial charge in [-0.25, -0.2) is 4.79 Å². The van der Waals surface area contributed by atoms with Crippen molar-refractivity contribution in [1.29, 1.82) is 0 Å². The Morgan fingerprint density at radius 2 is 1.84 bits per heavy atom. The molecule has 0 spiro atoms. The number of halogens is 1. The molecule has 1 fully saturated rings. The molecule has 1 aliphatic heterocycles. The number of rotatable bonds is 7. The second-order valence-corrected chi connectivity index (χ2v) is 9.39. The van der Waals surface area contributed by atoms with Crippen LogP contribution in [-0.4, -0.2) is 29.1 Å². The standard InChI is InChI=1S/C25H30ClNO5/c1-15(2)18-7-10-21(31-14-24(29)30)20(11-18)23-13-25(4,27-16(3)28)12-22(32-23)17-5-8-19(26)9-6-17/h5-11,15,22-23H,12-14H2,1-4H3,(H,27,28)(H,29,30)/t22-,23+,25+/m0/s1. The number of carbonyl (C=O) groups excluding carboxylic acids is 1. The zero-order chi connectivity index (χ0) is 23.5. The van der Waals surface area contributed by atoms with Gasteiger partial charge in [0, 0.05) is 35.9 Å². The highest BCUT2D eigenvalue weighted by atomic mass is 35.5. The largest absolute Gasteiger partial charge is 0.482 e. The van der Waals surface area contributed by atoms with Crippen molar-refractivity contribution in [3.63, 3.8) is 0 Å². The van der Waals surface area contributed by atoms with E-state index in [-0.39, 0.29) is 17.9 Å². The van der Waals surface area contributed by atoms with E-state index in [1.165, 1.54) is 6.92 Å². The predicted octanol–water partition coefficient (Wildman–Crippen LogP) is 5.41. The summed E-state index contributed by atoms with van der Waals surface area (Å²) in [4.78, 5) is 23.1. The van der Waals surface area contributed by atoms with Gasteiger partial charge >= 0.3 is 5.97 Å². The number of benzene rings is 2. The van der Waals surface area contributed by atoms with E-state index >= 15 is 0 Å². The number of hydrogen-bond acceptors (Lipinski definition) is 4. The Labute approximate surface area is 193 Å². The van der Waals surface area contributed by atoms with Gasteiger partial charge in [0.05, 0.1) is 12.2 Å². The molecule has 7 heteroatoms. The third-order valence-electron chi connectivity index (χ3n) is 5.72. The fourth-order valence-corrected chi connectivity index (χ4v) is 4.35. The van der Waals surface area contributed by atoms with E-state index < -0.39 is 24.2 Å². The average Bonchev–Trinajstić information content (AvgIpc) is 2.71. The molecule has 1 aliphatic rings. The molecule has 0 radical (unpaired) electrons. The second-order valence-electron chi connectivity index (χ2n) is 8.95. The number of amides is 1. The maximum atomic E-state index is 12.0. The molecule has 0 bridgehead atoms. The summed E-state index contributed by atoms with van der Waals surface area (Å²) in [6.07, 6.45) is 0.448. The van der Waals surface area contributed by atoms with Gasteiger partial charge in [0.25, 0.3) is 0 Å². The molecule has 0 unspecified atom stereocenters. The molecule has 1 heterocycles. The summed E-state index contributed by atoms with van der Waals surface area (Å²) in [7, 11) is 0. The molecule has 0 saturated carbocycles. The number of carboxylic acid groups (broad SMARTS) is 1. The van der Waals surface area contributed by atoms with Gasteiger partial charge in [0.2, 0.25) is 5.91 Å². The van der Waals surface area contributed by atoms with Gasteiger partial charge in [-0.1, -0.05) is 43.6 Å². The molecule has 3 atom stereocenters. The maximum Gasteiger partial charge on any atom is 0.341 e. The van der Waals surface area contributed by atoms with Crippen LogP contribution in [0.2, 0.25) is 5.02 Å². The molecular weight excluding hydrogens is 430 g/mol. The number of carboxylic acids is 1. The van der Waals surface area contributed by atoms with Gasteiger partial charge in [-0.05, 0) is 48.2 Å². The van der Waals surface area contributed by atoms with E-state index in [9.17, 15) is 9.59 Å². The lowest BCUT2D eigenvalue weighted by atomic mass is 9.80. The zero-order valence-corrected chi connectivity index (χ0v) is 19.6. The molecule has 6 nitrogen and oxygen atoms in total. The van der Waals surface area contributed by atoms with Crippen LogP contribution < -0.4 is 10.1 Å². The van der Waals surface area contributed by atoms with Crippen molar-refractivity contribution in [1.82, 2.24) is 5.32 Å². The van der Waals surface area contributed by atoms with E-state index in [0.29, 0.717) is 23.6 Å². The Bertz CT molecular complexity index is 975. The lowest BCUT2D eigenvalue weighted by Gasteiger charge is -2.43. The SMILES string of the molecule is CC(=O)N[C@]1(C)C[C@@H](c2ccc(Cl)cc2)O[C@@H](c2cc(C(C)C)ccc2OCC(=O)O)C1. The quantitative estimate of drug-likeness (QED) is 0.577. The van der Waals surface area contributed by atoms with E-state index in [4.69, 9.17) is 26.2 Å². The van der Waals surface area contributed by atoms with Gasteiger partial charge in [0.1, 0.15) is 5.75 Å². The molecule has 1 amide bonds. The third-order valence-corrected chi connectivity index (χ3v) is 5.97. The fraction of sp³-hybridized carbons (Fsp3) is 0.440. The van der Waals surface area contributed by atoms with Crippen LogP contribution in [0.4, 0.5) is 0 Å². The first-order valence-electron chi connectivity index (χ1n) is 10.7. The van der Waals surface area contributed by atoms with Crippen molar-refractivity contribution in [2.45, 2.75) is 64.2 Å². The van der Waals surface area contributed by atoms with Gasteiger partial charge in [-0.3, -0.25) is 4.79 Å².